The van der Waals surface area contributed by atoms with E-state index in [0.717, 1.165) is 32.1 Å². The minimum absolute atomic E-state index is 0.0721. The monoisotopic (exact) mass is 904 g/mol. The molecule has 0 aromatic carbocycles. The molecule has 0 aromatic rings. The molecule has 6 bridgehead atoms. The van der Waals surface area contributed by atoms with E-state index in [0.29, 0.717) is 5.57 Å². The van der Waals surface area contributed by atoms with Crippen molar-refractivity contribution in [3.05, 3.63) is 59.8 Å². The molecule has 11 atom stereocenters. The summed E-state index contributed by atoms with van der Waals surface area (Å²) in [4.78, 5) is 64.7. The molecule has 0 radical (unpaired) electrons. The van der Waals surface area contributed by atoms with E-state index in [2.05, 4.69) is 0 Å². The molecule has 0 aliphatic carbocycles. The number of ether oxygens (including phenoxy) is 8. The van der Waals surface area contributed by atoms with Crippen LogP contribution in [0.3, 0.4) is 0 Å². The van der Waals surface area contributed by atoms with Crippen LogP contribution in [0.15, 0.2) is 59.8 Å². The van der Waals surface area contributed by atoms with E-state index >= 15 is 0 Å². The quantitative estimate of drug-likeness (QED) is 0.0830. The zero-order valence-electron chi connectivity index (χ0n) is 38.5. The first-order valence-electron chi connectivity index (χ1n) is 21.9. The lowest BCUT2D eigenvalue weighted by Gasteiger charge is -2.53. The fourth-order valence-corrected chi connectivity index (χ4v) is 8.57. The van der Waals surface area contributed by atoms with Gasteiger partial charge in [-0.3, -0.25) is 9.59 Å². The topological polar surface area (TPSA) is 240 Å². The lowest BCUT2D eigenvalue weighted by atomic mass is 9.70. The van der Waals surface area contributed by atoms with Crippen LogP contribution in [0.2, 0.25) is 0 Å². The summed E-state index contributed by atoms with van der Waals surface area (Å²) < 4.78 is 46.7. The summed E-state index contributed by atoms with van der Waals surface area (Å²) in [7, 11) is 2.40. The predicted octanol–water partition coefficient (Wildman–Crippen LogP) is 4.28. The number of esters is 5. The van der Waals surface area contributed by atoms with Gasteiger partial charge in [0.25, 0.3) is 0 Å². The fourth-order valence-electron chi connectivity index (χ4n) is 8.57. The van der Waals surface area contributed by atoms with Crippen LogP contribution >= 0.6 is 0 Å². The van der Waals surface area contributed by atoms with Crippen LogP contribution < -0.4 is 0 Å². The van der Waals surface area contributed by atoms with Gasteiger partial charge in [0.15, 0.2) is 11.9 Å². The Morgan fingerprint density at radius 2 is 1.56 bits per heavy atom. The molecule has 358 valence electrons. The maximum atomic E-state index is 13.4. The molecule has 3 saturated heterocycles. The summed E-state index contributed by atoms with van der Waals surface area (Å²) in [5, 5.41) is 47.5. The third-order valence-electron chi connectivity index (χ3n) is 12.4. The van der Waals surface area contributed by atoms with Gasteiger partial charge in [-0.05, 0) is 38.2 Å². The van der Waals surface area contributed by atoms with Crippen LogP contribution in [0.5, 0.6) is 0 Å². The standard InChI is InChI=1S/C47H68O17/c1-10-11-12-13-14-15-39(51)62-43-31(22-41(53)58-9)21-34-25-37(28(2)48)61-42(54)24-32(50)23-35-26-38(59-29(3)49)45(6,7)46(55,63-35)27-36-19-30(20-40(52)57-8)18-33(60-36)16-17-44(4,5)47(43,56)64-34/h12-17,20,22,28,32-38,43,48,50,55-56H,10-11,18-19,21,23-27H2,1-9H3/b13-12+,15-14+,17-16?,30-20+,31-22-/t28-,32+,33+,34-,35-,36-,37-,38+,43-,46-,47-/m0/s1. The Morgan fingerprint density at radius 3 is 2.20 bits per heavy atom. The molecule has 0 saturated carbocycles. The third kappa shape index (κ3) is 13.4. The van der Waals surface area contributed by atoms with E-state index in [-0.39, 0.29) is 50.5 Å². The second kappa shape index (κ2) is 22.3. The van der Waals surface area contributed by atoms with Crippen molar-refractivity contribution < 1.29 is 82.3 Å². The Kier molecular flexibility index (Phi) is 18.3. The van der Waals surface area contributed by atoms with Crippen LogP contribution in [-0.4, -0.2) is 131 Å². The molecule has 0 amide bonds. The molecule has 4 aliphatic rings. The lowest BCUT2D eigenvalue weighted by Crippen LogP contribution is -2.62. The summed E-state index contributed by atoms with van der Waals surface area (Å²) in [6.07, 6.45) is 2.55. The summed E-state index contributed by atoms with van der Waals surface area (Å²) >= 11 is 0. The van der Waals surface area contributed by atoms with Crippen molar-refractivity contribution in [1.82, 2.24) is 0 Å². The zero-order chi connectivity index (χ0) is 47.6. The van der Waals surface area contributed by atoms with Crippen LogP contribution in [0.4, 0.5) is 0 Å². The number of carbonyl (C=O) groups is 5. The first-order chi connectivity index (χ1) is 29.9. The molecular weight excluding hydrogens is 836 g/mol. The lowest BCUT2D eigenvalue weighted by molar-refractivity contribution is -0.348. The van der Waals surface area contributed by atoms with E-state index in [4.69, 9.17) is 37.9 Å². The Morgan fingerprint density at radius 1 is 0.875 bits per heavy atom. The van der Waals surface area contributed by atoms with Gasteiger partial charge in [-0.1, -0.05) is 77.0 Å². The molecular formula is C47H68O17. The summed E-state index contributed by atoms with van der Waals surface area (Å²) in [5.74, 6) is -8.31. The Bertz CT molecular complexity index is 1830. The van der Waals surface area contributed by atoms with Gasteiger partial charge >= 0.3 is 29.8 Å². The molecule has 0 spiro atoms. The number of aliphatic hydroxyl groups excluding tert-OH is 2. The van der Waals surface area contributed by atoms with Crippen LogP contribution in [0, 0.1) is 10.8 Å². The van der Waals surface area contributed by atoms with Crippen molar-refractivity contribution in [2.45, 2.75) is 179 Å². The summed E-state index contributed by atoms with van der Waals surface area (Å²) in [5.41, 5.74) is -2.06. The Balaban J connectivity index is 1.89. The highest BCUT2D eigenvalue weighted by molar-refractivity contribution is 5.85. The van der Waals surface area contributed by atoms with E-state index in [1.54, 1.807) is 45.9 Å². The van der Waals surface area contributed by atoms with Gasteiger partial charge in [-0.15, -0.1) is 0 Å². The number of carbonyl (C=O) groups excluding carboxylic acids is 5. The smallest absolute Gasteiger partial charge is 0.331 e. The number of unbranched alkanes of at least 4 members (excludes halogenated alkanes) is 1. The maximum absolute atomic E-state index is 13.4. The number of cyclic esters (lactones) is 1. The molecule has 0 aromatic heterocycles. The zero-order valence-corrected chi connectivity index (χ0v) is 38.5. The van der Waals surface area contributed by atoms with Crippen molar-refractivity contribution >= 4 is 29.8 Å². The number of rotatable bonds is 9. The molecule has 4 aliphatic heterocycles. The number of methoxy groups -OCH3 is 2. The van der Waals surface area contributed by atoms with E-state index in [1.165, 1.54) is 33.1 Å². The van der Waals surface area contributed by atoms with Crippen molar-refractivity contribution in [3.8, 4) is 0 Å². The van der Waals surface area contributed by atoms with Gasteiger partial charge in [0, 0.05) is 56.3 Å². The number of allylic oxidation sites excluding steroid dienone is 3. The van der Waals surface area contributed by atoms with Gasteiger partial charge in [0.2, 0.25) is 5.79 Å². The summed E-state index contributed by atoms with van der Waals surface area (Å²) in [6, 6.07) is 0. The van der Waals surface area contributed by atoms with E-state index in [9.17, 15) is 44.4 Å². The first kappa shape index (κ1) is 52.4. The molecule has 17 heteroatoms. The molecule has 17 nitrogen and oxygen atoms in total. The third-order valence-corrected chi connectivity index (χ3v) is 12.4. The molecule has 4 heterocycles. The summed E-state index contributed by atoms with van der Waals surface area (Å²) in [6.45, 7) is 11.2. The number of hydrogen-bond donors (Lipinski definition) is 4. The van der Waals surface area contributed by atoms with Gasteiger partial charge in [-0.2, -0.15) is 0 Å². The fraction of sp³-hybridized carbons (Fsp3) is 0.681. The van der Waals surface area contributed by atoms with E-state index < -0.39 is 114 Å². The highest BCUT2D eigenvalue weighted by Crippen LogP contribution is 2.50. The second-order valence-corrected chi connectivity index (χ2v) is 18.3. The number of aliphatic hydroxyl groups is 4. The van der Waals surface area contributed by atoms with E-state index in [1.807, 2.05) is 13.0 Å². The average molecular weight is 905 g/mol. The minimum atomic E-state index is -2.47. The van der Waals surface area contributed by atoms with Crippen LogP contribution in [0.1, 0.15) is 113 Å². The first-order valence-corrected chi connectivity index (χ1v) is 21.9. The Hall–Kier alpha value is -4.23. The molecule has 64 heavy (non-hydrogen) atoms. The van der Waals surface area contributed by atoms with Crippen molar-refractivity contribution in [1.29, 1.82) is 0 Å². The predicted molar refractivity (Wildman–Crippen MR) is 228 cm³/mol. The van der Waals surface area contributed by atoms with Crippen LogP contribution in [-0.2, 0) is 61.9 Å². The maximum Gasteiger partial charge on any atom is 0.331 e. The van der Waals surface area contributed by atoms with Crippen molar-refractivity contribution in [2.75, 3.05) is 14.2 Å². The van der Waals surface area contributed by atoms with Crippen LogP contribution in [0.25, 0.3) is 0 Å². The van der Waals surface area contributed by atoms with Crippen molar-refractivity contribution in [2.24, 2.45) is 10.8 Å². The van der Waals surface area contributed by atoms with Gasteiger partial charge in [-0.25, -0.2) is 14.4 Å². The highest BCUT2D eigenvalue weighted by atomic mass is 16.7. The van der Waals surface area contributed by atoms with Gasteiger partial charge in [0.05, 0.1) is 62.7 Å². The Labute approximate surface area is 375 Å². The molecule has 4 rings (SSSR count). The number of hydrogen-bond acceptors (Lipinski definition) is 17. The largest absolute Gasteiger partial charge is 0.466 e. The molecule has 0 unspecified atom stereocenters. The molecule has 4 N–H and O–H groups in total. The van der Waals surface area contributed by atoms with Gasteiger partial charge in [0.1, 0.15) is 12.2 Å². The molecule has 3 fully saturated rings. The minimum Gasteiger partial charge on any atom is -0.466 e. The average Bonchev–Trinajstić information content (AvgIpc) is 3.19. The highest BCUT2D eigenvalue weighted by Gasteiger charge is 2.59. The van der Waals surface area contributed by atoms with Gasteiger partial charge < -0.3 is 58.3 Å². The number of fused-ring (bicyclic) bond motifs is 6. The van der Waals surface area contributed by atoms with Crippen molar-refractivity contribution in [3.63, 3.8) is 0 Å². The second-order valence-electron chi connectivity index (χ2n) is 18.3. The SMILES string of the molecule is CCC/C=C/C=C/C(=O)O[C@H]1/C(=C\C(=O)OC)C[C@H]2C[C@@H]([C@H](C)O)OC(=O)C[C@H](O)C[C@H]3C[C@@H](OC(C)=O)C(C)(C)[C@](O)(C[C@@H]4C/C(=C/C(=O)OC)C[C@@H](C=CC(C)(C)[C@@]1(O)O2)O4)O3. The normalized spacial score (nSPS) is 35.3.